The molecule has 0 bridgehead atoms. The van der Waals surface area contributed by atoms with Crippen LogP contribution in [0.1, 0.15) is 20.7 Å². The highest BCUT2D eigenvalue weighted by Crippen LogP contribution is 2.32. The highest BCUT2D eigenvalue weighted by atomic mass is 79.9. The molecule has 0 aliphatic rings. The molecule has 10 heteroatoms. The summed E-state index contributed by atoms with van der Waals surface area (Å²) < 4.78 is 64.0. The van der Waals surface area contributed by atoms with Gasteiger partial charge < -0.3 is 4.18 Å². The molecule has 0 N–H and O–H groups in total. The second-order valence-electron chi connectivity index (χ2n) is 5.47. The van der Waals surface area contributed by atoms with Crippen LogP contribution >= 0.6 is 15.9 Å². The van der Waals surface area contributed by atoms with Gasteiger partial charge in [-0.3, -0.25) is 9.59 Å². The quantitative estimate of drug-likeness (QED) is 0.288. The van der Waals surface area contributed by atoms with Crippen LogP contribution in [0, 0.1) is 0 Å². The summed E-state index contributed by atoms with van der Waals surface area (Å²) in [6.07, 6.45) is 1.34. The molecule has 29 heavy (non-hydrogen) atoms. The molecular formula is C19H12BrF3O5S. The molecule has 0 aliphatic carbocycles. The Kier molecular flexibility index (Phi) is 7.15. The predicted molar refractivity (Wildman–Crippen MR) is 104 cm³/mol. The van der Waals surface area contributed by atoms with Crippen molar-refractivity contribution >= 4 is 49.4 Å². The number of halogens is 4. The molecule has 152 valence electrons. The van der Waals surface area contributed by atoms with Gasteiger partial charge in [0.05, 0.1) is 0 Å². The van der Waals surface area contributed by atoms with E-state index in [0.29, 0.717) is 17.2 Å². The smallest absolute Gasteiger partial charge is 0.375 e. The fraction of sp³-hybridized carbons (Fsp3) is 0.0526. The van der Waals surface area contributed by atoms with E-state index in [1.54, 1.807) is 18.2 Å². The van der Waals surface area contributed by atoms with Crippen molar-refractivity contribution in [2.75, 3.05) is 0 Å². The van der Waals surface area contributed by atoms with E-state index in [-0.39, 0.29) is 10.9 Å². The zero-order valence-corrected chi connectivity index (χ0v) is 16.8. The third-order valence-corrected chi connectivity index (χ3v) is 5.03. The van der Waals surface area contributed by atoms with E-state index >= 15 is 0 Å². The van der Waals surface area contributed by atoms with E-state index in [1.807, 2.05) is 12.1 Å². The molecule has 0 spiro atoms. The van der Waals surface area contributed by atoms with Crippen LogP contribution in [0.4, 0.5) is 13.2 Å². The van der Waals surface area contributed by atoms with Gasteiger partial charge in [-0.1, -0.05) is 52.3 Å². The van der Waals surface area contributed by atoms with Gasteiger partial charge in [-0.25, -0.2) is 0 Å². The summed E-state index contributed by atoms with van der Waals surface area (Å²) >= 11 is 3.26. The van der Waals surface area contributed by atoms with Gasteiger partial charge in [-0.15, -0.1) is 0 Å². The summed E-state index contributed by atoms with van der Waals surface area (Å²) in [7, 11) is -5.75. The molecule has 0 atom stereocenters. The Balaban J connectivity index is 0.000000278. The lowest BCUT2D eigenvalue weighted by molar-refractivity contribution is -0.0499. The number of hydrogen-bond acceptors (Lipinski definition) is 5. The Bertz CT molecular complexity index is 1130. The lowest BCUT2D eigenvalue weighted by atomic mass is 10.0. The minimum absolute atomic E-state index is 0.102. The Morgan fingerprint density at radius 2 is 1.41 bits per heavy atom. The summed E-state index contributed by atoms with van der Waals surface area (Å²) in [6.45, 7) is 0. The predicted octanol–water partition coefficient (Wildman–Crippen LogP) is 5.14. The lowest BCUT2D eigenvalue weighted by Crippen LogP contribution is -2.28. The molecular weight excluding hydrogens is 477 g/mol. The van der Waals surface area contributed by atoms with Crippen molar-refractivity contribution in [3.05, 3.63) is 76.3 Å². The molecule has 3 rings (SSSR count). The number of aldehydes is 2. The first-order valence-electron chi connectivity index (χ1n) is 7.77. The summed E-state index contributed by atoms with van der Waals surface area (Å²) in [5.41, 5.74) is -4.59. The monoisotopic (exact) mass is 488 g/mol. The van der Waals surface area contributed by atoms with Crippen molar-refractivity contribution in [3.8, 4) is 5.75 Å². The fourth-order valence-corrected chi connectivity index (χ4v) is 2.92. The van der Waals surface area contributed by atoms with E-state index in [1.165, 1.54) is 24.3 Å². The van der Waals surface area contributed by atoms with E-state index in [4.69, 9.17) is 0 Å². The van der Waals surface area contributed by atoms with Gasteiger partial charge in [-0.05, 0) is 29.7 Å². The minimum Gasteiger partial charge on any atom is -0.375 e. The molecule has 0 aliphatic heterocycles. The van der Waals surface area contributed by atoms with Crippen LogP contribution < -0.4 is 4.18 Å². The van der Waals surface area contributed by atoms with Crippen molar-refractivity contribution in [2.24, 2.45) is 0 Å². The van der Waals surface area contributed by atoms with Crippen LogP contribution in [-0.2, 0) is 10.1 Å². The highest BCUT2D eigenvalue weighted by molar-refractivity contribution is 9.10. The Morgan fingerprint density at radius 1 is 0.828 bits per heavy atom. The van der Waals surface area contributed by atoms with E-state index < -0.39 is 21.4 Å². The second-order valence-corrected chi connectivity index (χ2v) is 7.92. The van der Waals surface area contributed by atoms with Gasteiger partial charge in [0, 0.05) is 21.0 Å². The lowest BCUT2D eigenvalue weighted by Gasteiger charge is -2.12. The average Bonchev–Trinajstić information content (AvgIpc) is 2.68. The molecule has 3 aromatic rings. The second kappa shape index (κ2) is 9.19. The van der Waals surface area contributed by atoms with Crippen molar-refractivity contribution in [1.29, 1.82) is 0 Å². The molecule has 0 unspecified atom stereocenters. The summed E-state index contributed by atoms with van der Waals surface area (Å²) in [5.74, 6) is -0.483. The number of carbonyl (C=O) groups excluding carboxylic acids is 2. The first kappa shape index (κ1) is 22.6. The number of hydrogen-bond donors (Lipinski definition) is 0. The van der Waals surface area contributed by atoms with Crippen LogP contribution in [0.25, 0.3) is 10.8 Å². The van der Waals surface area contributed by atoms with Gasteiger partial charge in [0.2, 0.25) is 0 Å². The van der Waals surface area contributed by atoms with E-state index in [9.17, 15) is 31.2 Å². The fourth-order valence-electron chi connectivity index (χ4n) is 2.18. The number of fused-ring (bicyclic) bond motifs is 1. The topological polar surface area (TPSA) is 77.5 Å². The van der Waals surface area contributed by atoms with Crippen molar-refractivity contribution in [3.63, 3.8) is 0 Å². The number of carbonyl (C=O) groups is 2. The third kappa shape index (κ3) is 5.64. The maximum atomic E-state index is 12.3. The van der Waals surface area contributed by atoms with E-state index in [0.717, 1.165) is 16.8 Å². The SMILES string of the molecule is O=Cc1ccc(Br)cc1.O=Cc1ccc(OS(=O)(=O)C(F)(F)F)c2ccccc12. The van der Waals surface area contributed by atoms with Crippen LogP contribution in [0.15, 0.2) is 65.1 Å². The first-order chi connectivity index (χ1) is 13.6. The molecule has 0 fully saturated rings. The molecule has 0 radical (unpaired) electrons. The number of benzene rings is 3. The zero-order valence-electron chi connectivity index (χ0n) is 14.4. The highest BCUT2D eigenvalue weighted by Gasteiger charge is 2.48. The molecule has 0 saturated carbocycles. The molecule has 5 nitrogen and oxygen atoms in total. The van der Waals surface area contributed by atoms with E-state index in [2.05, 4.69) is 20.1 Å². The van der Waals surface area contributed by atoms with Crippen molar-refractivity contribution in [2.45, 2.75) is 5.51 Å². The molecule has 0 aromatic heterocycles. The maximum Gasteiger partial charge on any atom is 0.534 e. The normalized spacial score (nSPS) is 11.3. The van der Waals surface area contributed by atoms with Gasteiger partial charge in [0.15, 0.2) is 12.0 Å². The number of alkyl halides is 3. The van der Waals surface area contributed by atoms with Crippen LogP contribution in [0.3, 0.4) is 0 Å². The van der Waals surface area contributed by atoms with Gasteiger partial charge in [-0.2, -0.15) is 21.6 Å². The van der Waals surface area contributed by atoms with Gasteiger partial charge in [0.1, 0.15) is 6.29 Å². The zero-order chi connectivity index (χ0) is 21.7. The third-order valence-electron chi connectivity index (χ3n) is 3.53. The van der Waals surface area contributed by atoms with Crippen molar-refractivity contribution < 1.29 is 35.4 Å². The van der Waals surface area contributed by atoms with Crippen LogP contribution in [0.5, 0.6) is 5.75 Å². The molecule has 0 amide bonds. The number of rotatable bonds is 4. The standard InChI is InChI=1S/C12H7F3O4S.C7H5BrO/c13-12(14,15)20(17,18)19-11-6-5-8(7-16)9-3-1-2-4-10(9)11;8-7-3-1-6(5-9)2-4-7/h1-7H;1-5H. The minimum atomic E-state index is -5.75. The first-order valence-corrected chi connectivity index (χ1v) is 9.97. The Morgan fingerprint density at radius 3 is 1.93 bits per heavy atom. The maximum absolute atomic E-state index is 12.3. The Labute approximate surface area is 172 Å². The summed E-state index contributed by atoms with van der Waals surface area (Å²) in [5, 5.41) is 0.405. The molecule has 0 saturated heterocycles. The van der Waals surface area contributed by atoms with Crippen LogP contribution in [-0.4, -0.2) is 26.5 Å². The van der Waals surface area contributed by atoms with Gasteiger partial charge >= 0.3 is 15.6 Å². The molecule has 0 heterocycles. The summed E-state index contributed by atoms with van der Waals surface area (Å²) in [4.78, 5) is 20.9. The average molecular weight is 489 g/mol. The Hall–Kier alpha value is -2.72. The largest absolute Gasteiger partial charge is 0.534 e. The van der Waals surface area contributed by atoms with Gasteiger partial charge in [0.25, 0.3) is 0 Å². The van der Waals surface area contributed by atoms with Crippen LogP contribution in [0.2, 0.25) is 0 Å². The molecule has 3 aromatic carbocycles. The van der Waals surface area contributed by atoms with Crippen molar-refractivity contribution in [1.82, 2.24) is 0 Å². The summed E-state index contributed by atoms with van der Waals surface area (Å²) in [6, 6.07) is 15.3.